The molecule has 1 unspecified atom stereocenters. The van der Waals surface area contributed by atoms with E-state index in [0.717, 1.165) is 36.1 Å². The van der Waals surface area contributed by atoms with E-state index in [2.05, 4.69) is 45.1 Å². The topological polar surface area (TPSA) is 135 Å². The fourth-order valence-corrected chi connectivity index (χ4v) is 4.88. The average molecular weight is 607 g/mol. The Bertz CT molecular complexity index is 1420. The lowest BCUT2D eigenvalue weighted by Crippen LogP contribution is -2.17. The van der Waals surface area contributed by atoms with Gasteiger partial charge in [0.25, 0.3) is 5.89 Å². The van der Waals surface area contributed by atoms with Gasteiger partial charge in [0.2, 0.25) is 11.8 Å². The van der Waals surface area contributed by atoms with Gasteiger partial charge in [-0.3, -0.25) is 4.79 Å². The number of aromatic nitrogens is 4. The Labute approximate surface area is 258 Å². The molecule has 1 atom stereocenters. The summed E-state index contributed by atoms with van der Waals surface area (Å²) in [7, 11) is 0. The third kappa shape index (κ3) is 10.1. The summed E-state index contributed by atoms with van der Waals surface area (Å²) >= 11 is 1.70. The Morgan fingerprint density at radius 2 is 1.88 bits per heavy atom. The Hall–Kier alpha value is -3.96. The van der Waals surface area contributed by atoms with Crippen molar-refractivity contribution in [3.8, 4) is 11.5 Å². The molecular formula is C32H42N6O4S. The molecule has 2 aromatic carbocycles. The Kier molecular flexibility index (Phi) is 13.9. The number of aryl methyl sites for hydroxylation is 2. The number of nitrogens with zero attached hydrogens (tertiary/aromatic N) is 4. The zero-order valence-corrected chi connectivity index (χ0v) is 26.4. The fourth-order valence-electron chi connectivity index (χ4n) is 4.30. The number of esters is 1. The molecule has 0 amide bonds. The molecule has 230 valence electrons. The number of carbonyl (C=O) groups is 1. The second-order valence-corrected chi connectivity index (χ2v) is 10.3. The van der Waals surface area contributed by atoms with E-state index in [-0.39, 0.29) is 18.5 Å². The van der Waals surface area contributed by atoms with Gasteiger partial charge in [-0.2, -0.15) is 4.98 Å². The normalized spacial score (nSPS) is 11.3. The monoisotopic (exact) mass is 606 g/mol. The molecule has 0 fully saturated rings. The van der Waals surface area contributed by atoms with Gasteiger partial charge >= 0.3 is 5.97 Å². The third-order valence-corrected chi connectivity index (χ3v) is 7.31. The van der Waals surface area contributed by atoms with Crippen molar-refractivity contribution in [2.45, 2.75) is 70.7 Å². The maximum absolute atomic E-state index is 11.5. The summed E-state index contributed by atoms with van der Waals surface area (Å²) in [4.78, 5) is 22.0. The largest absolute Gasteiger partial charge is 0.466 e. The summed E-state index contributed by atoms with van der Waals surface area (Å²) in [5, 5.41) is 25.3. The molecule has 10 nitrogen and oxygen atoms in total. The van der Waals surface area contributed by atoms with Crippen LogP contribution >= 0.6 is 11.8 Å². The van der Waals surface area contributed by atoms with E-state index < -0.39 is 6.04 Å². The van der Waals surface area contributed by atoms with Crippen molar-refractivity contribution in [1.29, 1.82) is 0 Å². The van der Waals surface area contributed by atoms with Crippen molar-refractivity contribution in [3.05, 3.63) is 71.7 Å². The molecule has 0 spiro atoms. The minimum Gasteiger partial charge on any atom is -0.466 e. The minimum absolute atomic E-state index is 0.146. The van der Waals surface area contributed by atoms with E-state index >= 15 is 0 Å². The number of rotatable bonds is 15. The van der Waals surface area contributed by atoms with E-state index in [9.17, 15) is 9.90 Å². The first-order chi connectivity index (χ1) is 21.0. The minimum atomic E-state index is -0.414. The van der Waals surface area contributed by atoms with Crippen LogP contribution in [0, 0.1) is 6.92 Å². The van der Waals surface area contributed by atoms with Crippen LogP contribution in [0.3, 0.4) is 0 Å². The van der Waals surface area contributed by atoms with E-state index in [4.69, 9.17) is 14.1 Å². The summed E-state index contributed by atoms with van der Waals surface area (Å²) in [6, 6.07) is 15.3. The highest BCUT2D eigenvalue weighted by Crippen LogP contribution is 2.31. The lowest BCUT2D eigenvalue weighted by atomic mass is 10.1. The SMILES string of the molecule is CC.CCOC(=O)CCCCCc1nnc(-c2cnc(Nc3ccc(SC)c(C)c3)nc2NC(CO)c2ccccc2)o1. The molecule has 0 bridgehead atoms. The molecule has 4 rings (SSSR count). The maximum atomic E-state index is 11.5. The van der Waals surface area contributed by atoms with Crippen molar-refractivity contribution in [1.82, 2.24) is 20.2 Å². The number of anilines is 3. The summed E-state index contributed by atoms with van der Waals surface area (Å²) in [6.45, 7) is 8.12. The van der Waals surface area contributed by atoms with Crippen LogP contribution in [0.4, 0.5) is 17.5 Å². The quantitative estimate of drug-likeness (QED) is 0.0724. The van der Waals surface area contributed by atoms with Crippen molar-refractivity contribution in [2.75, 3.05) is 30.1 Å². The van der Waals surface area contributed by atoms with Gasteiger partial charge in [-0.1, -0.05) is 50.6 Å². The molecule has 3 N–H and O–H groups in total. The molecule has 0 aliphatic rings. The predicted molar refractivity (Wildman–Crippen MR) is 172 cm³/mol. The lowest BCUT2D eigenvalue weighted by molar-refractivity contribution is -0.143. The molecule has 0 aliphatic heterocycles. The molecule has 0 saturated heterocycles. The molecular weight excluding hydrogens is 564 g/mol. The third-order valence-electron chi connectivity index (χ3n) is 6.41. The second-order valence-electron chi connectivity index (χ2n) is 9.42. The number of thioether (sulfide) groups is 1. The summed E-state index contributed by atoms with van der Waals surface area (Å²) < 4.78 is 10.9. The zero-order chi connectivity index (χ0) is 31.0. The van der Waals surface area contributed by atoms with Crippen molar-refractivity contribution < 1.29 is 19.1 Å². The Morgan fingerprint density at radius 3 is 2.58 bits per heavy atom. The van der Waals surface area contributed by atoms with Gasteiger partial charge in [-0.25, -0.2) is 4.98 Å². The molecule has 0 aliphatic carbocycles. The van der Waals surface area contributed by atoms with Crippen LogP contribution in [0.1, 0.15) is 69.5 Å². The number of unbranched alkanes of at least 4 members (excludes halogenated alkanes) is 2. The van der Waals surface area contributed by atoms with Crippen LogP contribution < -0.4 is 10.6 Å². The van der Waals surface area contributed by atoms with Crippen molar-refractivity contribution in [3.63, 3.8) is 0 Å². The number of aliphatic hydroxyl groups is 1. The summed E-state index contributed by atoms with van der Waals surface area (Å²) in [6.07, 6.45) is 7.09. The molecule has 11 heteroatoms. The van der Waals surface area contributed by atoms with Gasteiger partial charge in [-0.15, -0.1) is 22.0 Å². The fraction of sp³-hybridized carbons (Fsp3) is 0.406. The highest BCUT2D eigenvalue weighted by atomic mass is 32.2. The number of benzene rings is 2. The molecule has 2 aromatic heterocycles. The number of hydrogen-bond acceptors (Lipinski definition) is 11. The Balaban J connectivity index is 0.00000248. The Morgan fingerprint density at radius 1 is 1.09 bits per heavy atom. The second kappa shape index (κ2) is 17.9. The van der Waals surface area contributed by atoms with Gasteiger partial charge in [0.1, 0.15) is 5.82 Å². The van der Waals surface area contributed by atoms with E-state index in [1.54, 1.807) is 24.9 Å². The summed E-state index contributed by atoms with van der Waals surface area (Å²) in [5.74, 6) is 1.45. The highest BCUT2D eigenvalue weighted by molar-refractivity contribution is 7.98. The number of carbonyl (C=O) groups excluding carboxylic acids is 1. The lowest BCUT2D eigenvalue weighted by Gasteiger charge is -2.19. The first-order valence-corrected chi connectivity index (χ1v) is 15.9. The van der Waals surface area contributed by atoms with Gasteiger partial charge in [-0.05, 0) is 62.3 Å². The molecule has 0 radical (unpaired) electrons. The van der Waals surface area contributed by atoms with Crippen LogP contribution in [0.25, 0.3) is 11.5 Å². The average Bonchev–Trinajstić information content (AvgIpc) is 3.50. The number of aliphatic hydroxyl groups excluding tert-OH is 1. The number of ether oxygens (including phenoxy) is 1. The maximum Gasteiger partial charge on any atom is 0.305 e. The number of hydrogen-bond donors (Lipinski definition) is 3. The van der Waals surface area contributed by atoms with Gasteiger partial charge in [0.15, 0.2) is 0 Å². The van der Waals surface area contributed by atoms with Crippen LogP contribution in [0.15, 0.2) is 64.0 Å². The molecule has 43 heavy (non-hydrogen) atoms. The van der Waals surface area contributed by atoms with E-state index in [1.165, 1.54) is 4.90 Å². The van der Waals surface area contributed by atoms with Crippen LogP contribution in [-0.2, 0) is 16.0 Å². The highest BCUT2D eigenvalue weighted by Gasteiger charge is 2.20. The molecule has 4 aromatic rings. The van der Waals surface area contributed by atoms with Gasteiger partial charge in [0, 0.05) is 29.6 Å². The molecule has 0 saturated carbocycles. The first-order valence-electron chi connectivity index (χ1n) is 14.7. The zero-order valence-electron chi connectivity index (χ0n) is 25.6. The van der Waals surface area contributed by atoms with Crippen LogP contribution in [0.2, 0.25) is 0 Å². The van der Waals surface area contributed by atoms with Gasteiger partial charge in [0.05, 0.1) is 24.8 Å². The predicted octanol–water partition coefficient (Wildman–Crippen LogP) is 7.14. The van der Waals surface area contributed by atoms with Crippen LogP contribution in [-0.4, -0.2) is 50.7 Å². The standard InChI is InChI=1S/C30H36N6O4S.C2H6/c1-4-39-27(38)14-10-6-9-13-26-35-36-29(40-26)23-18-31-30(32-22-15-16-25(41-3)20(2)17-22)34-28(23)33-24(19-37)21-11-7-5-8-12-21;1-2/h5,7-8,11-12,15-18,24,37H,4,6,9-10,13-14,19H2,1-3H3,(H2,31,32,33,34);1-2H3. The molecule has 2 heterocycles. The number of nitrogens with one attached hydrogen (secondary N) is 2. The van der Waals surface area contributed by atoms with Crippen molar-refractivity contribution >= 4 is 35.2 Å². The van der Waals surface area contributed by atoms with E-state index in [0.29, 0.717) is 42.7 Å². The van der Waals surface area contributed by atoms with Gasteiger partial charge < -0.3 is 24.9 Å². The van der Waals surface area contributed by atoms with E-state index in [1.807, 2.05) is 56.3 Å². The smallest absolute Gasteiger partial charge is 0.305 e. The summed E-state index contributed by atoms with van der Waals surface area (Å²) in [5.41, 5.74) is 3.45. The first kappa shape index (κ1) is 33.5. The van der Waals surface area contributed by atoms with Crippen LogP contribution in [0.5, 0.6) is 0 Å². The van der Waals surface area contributed by atoms with Crippen molar-refractivity contribution in [2.24, 2.45) is 0 Å².